The van der Waals surface area contributed by atoms with Crippen LogP contribution in [-0.2, 0) is 4.74 Å². The monoisotopic (exact) mass is 299 g/mol. The van der Waals surface area contributed by atoms with Gasteiger partial charge in [-0.05, 0) is 24.5 Å². The molecule has 1 aromatic heterocycles. The summed E-state index contributed by atoms with van der Waals surface area (Å²) in [4.78, 5) is 11.9. The molecule has 0 saturated heterocycles. The Labute approximate surface area is 127 Å². The summed E-state index contributed by atoms with van der Waals surface area (Å²) in [6.45, 7) is 1.73. The van der Waals surface area contributed by atoms with Gasteiger partial charge in [0.15, 0.2) is 5.69 Å². The molecule has 8 heteroatoms. The number of nitriles is 1. The van der Waals surface area contributed by atoms with E-state index in [0.717, 1.165) is 0 Å². The largest absolute Gasteiger partial charge is 0.488 e. The molecule has 0 spiro atoms. The molecule has 1 heterocycles. The number of methoxy groups -OCH3 is 1. The molecule has 112 valence electrons. The van der Waals surface area contributed by atoms with Crippen molar-refractivity contribution in [3.8, 4) is 11.8 Å². The Morgan fingerprint density at radius 2 is 2.14 bits per heavy atom. The highest BCUT2D eigenvalue weighted by atomic mass is 16.5. The lowest BCUT2D eigenvalue weighted by Crippen LogP contribution is -2.32. The van der Waals surface area contributed by atoms with Crippen LogP contribution in [0.25, 0.3) is 5.69 Å². The van der Waals surface area contributed by atoms with Crippen molar-refractivity contribution >= 4 is 24.2 Å². The molecular formula is C14H14BN3O4. The quantitative estimate of drug-likeness (QED) is 0.528. The fourth-order valence-electron chi connectivity index (χ4n) is 2.17. The van der Waals surface area contributed by atoms with E-state index in [9.17, 15) is 14.8 Å². The molecule has 7 nitrogen and oxygen atoms in total. The van der Waals surface area contributed by atoms with Crippen LogP contribution in [-0.4, -0.2) is 34.8 Å². The van der Waals surface area contributed by atoms with Crippen LogP contribution in [0, 0.1) is 18.3 Å². The van der Waals surface area contributed by atoms with Crippen molar-refractivity contribution in [3.05, 3.63) is 41.2 Å². The van der Waals surface area contributed by atoms with E-state index >= 15 is 0 Å². The minimum absolute atomic E-state index is 0.0148. The maximum absolute atomic E-state index is 11.9. The van der Waals surface area contributed by atoms with Gasteiger partial charge in [-0.2, -0.15) is 5.26 Å². The van der Waals surface area contributed by atoms with Crippen LogP contribution in [0.15, 0.2) is 24.4 Å². The summed E-state index contributed by atoms with van der Waals surface area (Å²) in [7, 11) is -0.437. The molecule has 0 saturated carbocycles. The van der Waals surface area contributed by atoms with E-state index in [-0.39, 0.29) is 16.9 Å². The molecule has 0 aliphatic rings. The van der Waals surface area contributed by atoms with Gasteiger partial charge in [0, 0.05) is 11.9 Å². The van der Waals surface area contributed by atoms with E-state index in [1.807, 2.05) is 6.07 Å². The van der Waals surface area contributed by atoms with Gasteiger partial charge < -0.3 is 25.1 Å². The van der Waals surface area contributed by atoms with Crippen LogP contribution in [0.2, 0.25) is 0 Å². The van der Waals surface area contributed by atoms with Crippen LogP contribution in [0.5, 0.6) is 0 Å². The van der Waals surface area contributed by atoms with Crippen molar-refractivity contribution in [2.75, 3.05) is 12.8 Å². The molecule has 0 aliphatic carbocycles. The Hall–Kier alpha value is -2.76. The number of rotatable bonds is 3. The third-order valence-corrected chi connectivity index (χ3v) is 3.36. The van der Waals surface area contributed by atoms with Crippen LogP contribution < -0.4 is 11.2 Å². The van der Waals surface area contributed by atoms with E-state index in [0.29, 0.717) is 16.7 Å². The summed E-state index contributed by atoms with van der Waals surface area (Å²) in [5.74, 6) is -0.689. The number of carbonyl (C=O) groups is 1. The Morgan fingerprint density at radius 3 is 2.68 bits per heavy atom. The van der Waals surface area contributed by atoms with E-state index in [2.05, 4.69) is 0 Å². The van der Waals surface area contributed by atoms with Crippen LogP contribution in [0.1, 0.15) is 21.6 Å². The Kier molecular flexibility index (Phi) is 4.21. The average Bonchev–Trinajstić information content (AvgIpc) is 2.83. The zero-order valence-electron chi connectivity index (χ0n) is 12.1. The number of esters is 1. The first-order chi connectivity index (χ1) is 10.4. The van der Waals surface area contributed by atoms with E-state index in [1.54, 1.807) is 19.1 Å². The van der Waals surface area contributed by atoms with Gasteiger partial charge in [-0.15, -0.1) is 0 Å². The highest BCUT2D eigenvalue weighted by molar-refractivity contribution is 6.59. The van der Waals surface area contributed by atoms with E-state index in [4.69, 9.17) is 15.7 Å². The fraction of sp³-hybridized carbons (Fsp3) is 0.143. The molecule has 22 heavy (non-hydrogen) atoms. The van der Waals surface area contributed by atoms with Gasteiger partial charge in [-0.25, -0.2) is 4.79 Å². The average molecular weight is 299 g/mol. The minimum atomic E-state index is -1.65. The molecule has 1 aromatic carbocycles. The maximum atomic E-state index is 11.9. The van der Waals surface area contributed by atoms with E-state index in [1.165, 1.54) is 23.9 Å². The lowest BCUT2D eigenvalue weighted by Gasteiger charge is -2.12. The van der Waals surface area contributed by atoms with Gasteiger partial charge in [0.2, 0.25) is 0 Å². The fourth-order valence-corrected chi connectivity index (χ4v) is 2.17. The number of anilines is 1. The second-order valence-corrected chi connectivity index (χ2v) is 4.69. The Balaban J connectivity index is 2.70. The van der Waals surface area contributed by atoms with Crippen molar-refractivity contribution in [1.82, 2.24) is 4.57 Å². The summed E-state index contributed by atoms with van der Waals surface area (Å²) in [5.41, 5.74) is 7.41. The normalized spacial score (nSPS) is 10.1. The molecule has 0 unspecified atom stereocenters. The smallest absolute Gasteiger partial charge is 0.464 e. The first-order valence-corrected chi connectivity index (χ1v) is 6.37. The number of ether oxygens (including phenoxy) is 1. The Bertz CT molecular complexity index is 777. The van der Waals surface area contributed by atoms with Gasteiger partial charge >= 0.3 is 13.1 Å². The Morgan fingerprint density at radius 1 is 1.45 bits per heavy atom. The summed E-state index contributed by atoms with van der Waals surface area (Å²) >= 11 is 0. The van der Waals surface area contributed by atoms with Crippen molar-refractivity contribution < 1.29 is 19.6 Å². The lowest BCUT2D eigenvalue weighted by atomic mass is 9.77. The SMILES string of the molecule is COC(=O)c1c(N)c(C#N)cn1-c1ccc(C)c(B(O)O)c1. The highest BCUT2D eigenvalue weighted by Crippen LogP contribution is 2.24. The van der Waals surface area contributed by atoms with Gasteiger partial charge in [-0.1, -0.05) is 11.6 Å². The number of aromatic nitrogens is 1. The molecule has 4 N–H and O–H groups in total. The highest BCUT2D eigenvalue weighted by Gasteiger charge is 2.23. The number of hydrogen-bond acceptors (Lipinski definition) is 6. The number of aryl methyl sites for hydroxylation is 1. The predicted octanol–water partition coefficient (Wildman–Crippen LogP) is -0.294. The molecule has 2 aromatic rings. The van der Waals surface area contributed by atoms with Crippen LogP contribution in [0.4, 0.5) is 5.69 Å². The summed E-state index contributed by atoms with van der Waals surface area (Å²) in [6, 6.07) is 6.76. The number of nitrogens with zero attached hydrogens (tertiary/aromatic N) is 2. The summed E-state index contributed by atoms with van der Waals surface area (Å²) < 4.78 is 6.08. The summed E-state index contributed by atoms with van der Waals surface area (Å²) in [6.07, 6.45) is 1.40. The zero-order chi connectivity index (χ0) is 16.4. The number of carbonyl (C=O) groups excluding carboxylic acids is 1. The molecule has 0 radical (unpaired) electrons. The van der Waals surface area contributed by atoms with Gasteiger partial charge in [0.25, 0.3) is 0 Å². The number of nitrogens with two attached hydrogens (primary N) is 1. The molecule has 0 aliphatic heterocycles. The first kappa shape index (κ1) is 15.6. The molecule has 0 bridgehead atoms. The third-order valence-electron chi connectivity index (χ3n) is 3.36. The molecule has 2 rings (SSSR count). The third kappa shape index (κ3) is 2.55. The molecule has 0 atom stereocenters. The lowest BCUT2D eigenvalue weighted by molar-refractivity contribution is 0.0593. The van der Waals surface area contributed by atoms with Gasteiger partial charge in [0.05, 0.1) is 18.4 Å². The van der Waals surface area contributed by atoms with Crippen LogP contribution >= 0.6 is 0 Å². The first-order valence-electron chi connectivity index (χ1n) is 6.37. The standard InChI is InChI=1S/C14H14BN3O4/c1-8-3-4-10(5-11(8)15(20)21)18-7-9(6-16)12(17)13(18)14(19)22-2/h3-5,7,20-21H,17H2,1-2H3. The van der Waals surface area contributed by atoms with Crippen molar-refractivity contribution in [3.63, 3.8) is 0 Å². The number of hydrogen-bond donors (Lipinski definition) is 3. The van der Waals surface area contributed by atoms with Crippen molar-refractivity contribution in [1.29, 1.82) is 5.26 Å². The van der Waals surface area contributed by atoms with Gasteiger partial charge in [0.1, 0.15) is 6.07 Å². The molecular weight excluding hydrogens is 285 g/mol. The topological polar surface area (TPSA) is 122 Å². The maximum Gasteiger partial charge on any atom is 0.488 e. The number of nitrogen functional groups attached to an aromatic ring is 1. The second kappa shape index (κ2) is 5.93. The predicted molar refractivity (Wildman–Crippen MR) is 80.8 cm³/mol. The summed E-state index contributed by atoms with van der Waals surface area (Å²) in [5, 5.41) is 27.8. The second-order valence-electron chi connectivity index (χ2n) is 4.69. The van der Waals surface area contributed by atoms with Gasteiger partial charge in [-0.3, -0.25) is 0 Å². The van der Waals surface area contributed by atoms with Crippen molar-refractivity contribution in [2.24, 2.45) is 0 Å². The van der Waals surface area contributed by atoms with Crippen molar-refractivity contribution in [2.45, 2.75) is 6.92 Å². The molecule has 0 amide bonds. The minimum Gasteiger partial charge on any atom is -0.464 e. The number of benzene rings is 1. The van der Waals surface area contributed by atoms with Crippen LogP contribution in [0.3, 0.4) is 0 Å². The molecule has 0 fully saturated rings. The zero-order valence-corrected chi connectivity index (χ0v) is 12.1. The van der Waals surface area contributed by atoms with E-state index < -0.39 is 13.1 Å².